The summed E-state index contributed by atoms with van der Waals surface area (Å²) in [7, 11) is -3.96. The number of alkyl halides is 3. The molecule has 0 spiro atoms. The molecule has 3 aromatic rings. The van der Waals surface area contributed by atoms with E-state index in [-0.39, 0.29) is 22.0 Å². The lowest BCUT2D eigenvalue weighted by molar-refractivity contribution is -0.159. The van der Waals surface area contributed by atoms with Crippen LogP contribution in [0.1, 0.15) is 5.89 Å². The van der Waals surface area contributed by atoms with Gasteiger partial charge in [-0.2, -0.15) is 18.2 Å². The van der Waals surface area contributed by atoms with Crippen LogP contribution < -0.4 is 10.3 Å². The molecule has 2 aromatic heterocycles. The highest BCUT2D eigenvalue weighted by Gasteiger charge is 2.38. The number of anilines is 1. The minimum absolute atomic E-state index is 0.140. The van der Waals surface area contributed by atoms with Crippen LogP contribution in [0.2, 0.25) is 0 Å². The quantitative estimate of drug-likeness (QED) is 0.710. The number of H-pyrrole nitrogens is 1. The molecule has 0 fully saturated rings. The molecule has 2 N–H and O–H groups in total. The van der Waals surface area contributed by atoms with Gasteiger partial charge in [-0.3, -0.25) is 9.52 Å². The number of nitrogens with one attached hydrogen (secondary N) is 2. The first-order chi connectivity index (χ1) is 12.1. The van der Waals surface area contributed by atoms with Gasteiger partial charge in [0, 0.05) is 17.8 Å². The van der Waals surface area contributed by atoms with E-state index in [9.17, 15) is 26.4 Å². The Balaban J connectivity index is 1.83. The lowest BCUT2D eigenvalue weighted by Gasteiger charge is -2.07. The highest BCUT2D eigenvalue weighted by atomic mass is 32.2. The average Bonchev–Trinajstić information content (AvgIpc) is 3.07. The van der Waals surface area contributed by atoms with Gasteiger partial charge in [-0.05, 0) is 30.3 Å². The summed E-state index contributed by atoms with van der Waals surface area (Å²) in [4.78, 5) is 16.4. The lowest BCUT2D eigenvalue weighted by atomic mass is 10.2. The van der Waals surface area contributed by atoms with Crippen LogP contribution in [0.5, 0.6) is 0 Å². The fourth-order valence-corrected chi connectivity index (χ4v) is 2.98. The molecule has 26 heavy (non-hydrogen) atoms. The van der Waals surface area contributed by atoms with E-state index in [1.54, 1.807) is 0 Å². The number of halogens is 3. The molecule has 0 aliphatic carbocycles. The molecule has 0 amide bonds. The van der Waals surface area contributed by atoms with E-state index in [0.717, 1.165) is 6.07 Å². The second kappa shape index (κ2) is 6.29. The molecule has 0 atom stereocenters. The maximum absolute atomic E-state index is 12.5. The van der Waals surface area contributed by atoms with Crippen LogP contribution in [-0.4, -0.2) is 23.5 Å². The Bertz CT molecular complexity index is 1070. The minimum Gasteiger partial charge on any atom is -0.329 e. The number of pyridine rings is 1. The number of benzene rings is 1. The summed E-state index contributed by atoms with van der Waals surface area (Å²) >= 11 is 0. The Morgan fingerprint density at radius 3 is 2.31 bits per heavy atom. The van der Waals surface area contributed by atoms with E-state index in [0.29, 0.717) is 0 Å². The first-order valence-corrected chi connectivity index (χ1v) is 8.36. The number of hydrogen-bond acceptors (Lipinski definition) is 6. The summed E-state index contributed by atoms with van der Waals surface area (Å²) in [5.74, 6) is -1.82. The zero-order valence-electron chi connectivity index (χ0n) is 12.6. The van der Waals surface area contributed by atoms with Gasteiger partial charge in [-0.25, -0.2) is 8.42 Å². The largest absolute Gasteiger partial charge is 0.471 e. The van der Waals surface area contributed by atoms with E-state index in [4.69, 9.17) is 0 Å². The molecule has 8 nitrogen and oxygen atoms in total. The lowest BCUT2D eigenvalue weighted by Crippen LogP contribution is -2.14. The molecule has 0 saturated carbocycles. The number of sulfonamides is 1. The Labute approximate surface area is 143 Å². The normalized spacial score (nSPS) is 12.1. The van der Waals surface area contributed by atoms with Gasteiger partial charge in [-0.1, -0.05) is 5.16 Å². The van der Waals surface area contributed by atoms with Gasteiger partial charge >= 0.3 is 12.1 Å². The SMILES string of the molecule is O=c1ccc(NS(=O)(=O)c2ccc(-c3noc(C(F)(F)F)n3)cc2)c[nH]1. The summed E-state index contributed by atoms with van der Waals surface area (Å²) in [6.45, 7) is 0. The van der Waals surface area contributed by atoms with E-state index in [2.05, 4.69) is 24.4 Å². The Morgan fingerprint density at radius 1 is 1.08 bits per heavy atom. The van der Waals surface area contributed by atoms with Crippen molar-refractivity contribution in [1.29, 1.82) is 0 Å². The van der Waals surface area contributed by atoms with Gasteiger partial charge in [0.1, 0.15) is 0 Å². The van der Waals surface area contributed by atoms with Gasteiger partial charge in [0.05, 0.1) is 10.6 Å². The summed E-state index contributed by atoms with van der Waals surface area (Å²) < 4.78 is 68.3. The molecular weight excluding hydrogens is 377 g/mol. The van der Waals surface area contributed by atoms with Gasteiger partial charge < -0.3 is 9.51 Å². The fraction of sp³-hybridized carbons (Fsp3) is 0.0714. The standard InChI is InChI=1S/C14H9F3N4O4S/c15-14(16,17)13-19-12(20-25-13)8-1-4-10(5-2-8)26(23,24)21-9-3-6-11(22)18-7-9/h1-7,21H,(H,18,22). The van der Waals surface area contributed by atoms with Gasteiger partial charge in [0.2, 0.25) is 11.4 Å². The smallest absolute Gasteiger partial charge is 0.329 e. The van der Waals surface area contributed by atoms with Crippen molar-refractivity contribution in [1.82, 2.24) is 15.1 Å². The zero-order valence-corrected chi connectivity index (χ0v) is 13.4. The maximum Gasteiger partial charge on any atom is 0.471 e. The zero-order chi connectivity index (χ0) is 18.9. The number of rotatable bonds is 4. The molecule has 0 radical (unpaired) electrons. The Hall–Kier alpha value is -3.15. The topological polar surface area (TPSA) is 118 Å². The van der Waals surface area contributed by atoms with Crippen molar-refractivity contribution in [2.45, 2.75) is 11.1 Å². The van der Waals surface area contributed by atoms with E-state index < -0.39 is 27.6 Å². The molecule has 0 unspecified atom stereocenters. The van der Waals surface area contributed by atoms with Crippen molar-refractivity contribution in [3.63, 3.8) is 0 Å². The minimum atomic E-state index is -4.77. The third kappa shape index (κ3) is 3.74. The van der Waals surface area contributed by atoms with Crippen LogP contribution in [0.15, 0.2) is 56.8 Å². The van der Waals surface area contributed by atoms with Crippen molar-refractivity contribution < 1.29 is 26.1 Å². The van der Waals surface area contributed by atoms with Gasteiger partial charge in [0.15, 0.2) is 0 Å². The molecule has 12 heteroatoms. The second-order valence-electron chi connectivity index (χ2n) is 4.99. The maximum atomic E-state index is 12.5. The van der Waals surface area contributed by atoms with E-state index in [1.807, 2.05) is 0 Å². The molecule has 3 rings (SSSR count). The van der Waals surface area contributed by atoms with Crippen molar-refractivity contribution in [3.8, 4) is 11.4 Å². The van der Waals surface area contributed by atoms with Crippen LogP contribution >= 0.6 is 0 Å². The molecule has 0 saturated heterocycles. The van der Waals surface area contributed by atoms with Crippen molar-refractivity contribution in [3.05, 3.63) is 58.8 Å². The fourth-order valence-electron chi connectivity index (χ4n) is 1.93. The predicted octanol–water partition coefficient (Wildman–Crippen LogP) is 2.24. The number of aromatic nitrogens is 3. The molecule has 136 valence electrons. The van der Waals surface area contributed by atoms with Crippen molar-refractivity contribution in [2.75, 3.05) is 4.72 Å². The van der Waals surface area contributed by atoms with Crippen LogP contribution in [0.3, 0.4) is 0 Å². The number of hydrogen-bond donors (Lipinski definition) is 2. The second-order valence-corrected chi connectivity index (χ2v) is 6.67. The van der Waals surface area contributed by atoms with Crippen molar-refractivity contribution in [2.24, 2.45) is 0 Å². The highest BCUT2D eigenvalue weighted by molar-refractivity contribution is 7.92. The van der Waals surface area contributed by atoms with Crippen LogP contribution in [-0.2, 0) is 16.2 Å². The monoisotopic (exact) mass is 386 g/mol. The Morgan fingerprint density at radius 2 is 1.77 bits per heavy atom. The highest BCUT2D eigenvalue weighted by Crippen LogP contribution is 2.29. The molecule has 0 bridgehead atoms. The van der Waals surface area contributed by atoms with Gasteiger partial charge in [0.25, 0.3) is 10.0 Å². The first-order valence-electron chi connectivity index (χ1n) is 6.88. The molecule has 0 aliphatic rings. The Kier molecular flexibility index (Phi) is 4.28. The number of nitrogens with zero attached hydrogens (tertiary/aromatic N) is 2. The summed E-state index contributed by atoms with van der Waals surface area (Å²) in [6.07, 6.45) is -3.58. The van der Waals surface area contributed by atoms with Crippen LogP contribution in [0.25, 0.3) is 11.4 Å². The summed E-state index contributed by atoms with van der Waals surface area (Å²) in [5, 5.41) is 3.22. The number of aromatic amines is 1. The average molecular weight is 386 g/mol. The molecule has 1 aromatic carbocycles. The van der Waals surface area contributed by atoms with Gasteiger partial charge in [-0.15, -0.1) is 0 Å². The first kappa shape index (κ1) is 17.7. The van der Waals surface area contributed by atoms with Crippen LogP contribution in [0, 0.1) is 0 Å². The summed E-state index contributed by atoms with van der Waals surface area (Å²) in [6, 6.07) is 7.26. The van der Waals surface area contributed by atoms with E-state index >= 15 is 0 Å². The van der Waals surface area contributed by atoms with Crippen molar-refractivity contribution >= 4 is 15.7 Å². The van der Waals surface area contributed by atoms with Crippen LogP contribution in [0.4, 0.5) is 18.9 Å². The van der Waals surface area contributed by atoms with E-state index in [1.165, 1.54) is 36.5 Å². The summed E-state index contributed by atoms with van der Waals surface area (Å²) in [5.41, 5.74) is -0.107. The molecule has 2 heterocycles. The molecule has 0 aliphatic heterocycles. The predicted molar refractivity (Wildman–Crippen MR) is 82.6 cm³/mol. The third-order valence-corrected chi connectivity index (χ3v) is 4.52. The molecular formula is C14H9F3N4O4S. The third-order valence-electron chi connectivity index (χ3n) is 3.13.